The molecule has 1 heterocycles. The standard InChI is InChI=1S/C22H26ClFN2O/c1-3-16-8-4-7-15(2)21(16)25-22(27)17-9-6-12-26(13-17)14-18-19(23)10-5-11-20(18)24/h4-5,7-8,10-11,17H,3,6,9,12-14H2,1-2H3,(H,25,27). The molecule has 1 aliphatic rings. The van der Waals surface area contributed by atoms with Crippen molar-refractivity contribution in [2.45, 2.75) is 39.7 Å². The Hall–Kier alpha value is -1.91. The fraction of sp³-hybridized carbons (Fsp3) is 0.409. The SMILES string of the molecule is CCc1cccc(C)c1NC(=O)C1CCCN(Cc2c(F)cccc2Cl)C1. The normalized spacial score (nSPS) is 17.7. The van der Waals surface area contributed by atoms with E-state index in [2.05, 4.69) is 23.2 Å². The van der Waals surface area contributed by atoms with E-state index in [9.17, 15) is 9.18 Å². The van der Waals surface area contributed by atoms with E-state index in [1.165, 1.54) is 6.07 Å². The highest BCUT2D eigenvalue weighted by molar-refractivity contribution is 6.31. The van der Waals surface area contributed by atoms with Gasteiger partial charge < -0.3 is 5.32 Å². The monoisotopic (exact) mass is 388 g/mol. The van der Waals surface area contributed by atoms with Gasteiger partial charge >= 0.3 is 0 Å². The summed E-state index contributed by atoms with van der Waals surface area (Å²) in [5.41, 5.74) is 3.66. The molecule has 1 aliphatic heterocycles. The van der Waals surface area contributed by atoms with Crippen LogP contribution in [0.25, 0.3) is 0 Å². The Morgan fingerprint density at radius 1 is 1.30 bits per heavy atom. The summed E-state index contributed by atoms with van der Waals surface area (Å²) in [6, 6.07) is 10.8. The quantitative estimate of drug-likeness (QED) is 0.763. The van der Waals surface area contributed by atoms with Gasteiger partial charge in [-0.15, -0.1) is 0 Å². The van der Waals surface area contributed by atoms with Crippen LogP contribution < -0.4 is 5.32 Å². The minimum atomic E-state index is -0.290. The number of carbonyl (C=O) groups is 1. The van der Waals surface area contributed by atoms with Gasteiger partial charge in [0.1, 0.15) is 5.82 Å². The molecule has 1 N–H and O–H groups in total. The van der Waals surface area contributed by atoms with Gasteiger partial charge in [-0.3, -0.25) is 9.69 Å². The molecule has 1 amide bonds. The van der Waals surface area contributed by atoms with Crippen LogP contribution >= 0.6 is 11.6 Å². The highest BCUT2D eigenvalue weighted by atomic mass is 35.5. The number of rotatable bonds is 5. The molecule has 5 heteroatoms. The van der Waals surface area contributed by atoms with Gasteiger partial charge in [-0.25, -0.2) is 4.39 Å². The first-order chi connectivity index (χ1) is 13.0. The van der Waals surface area contributed by atoms with E-state index in [0.29, 0.717) is 23.7 Å². The molecule has 0 bridgehead atoms. The van der Waals surface area contributed by atoms with E-state index in [-0.39, 0.29) is 17.6 Å². The highest BCUT2D eigenvalue weighted by Crippen LogP contribution is 2.26. The molecule has 1 fully saturated rings. The van der Waals surface area contributed by atoms with Crippen LogP contribution in [0.2, 0.25) is 5.02 Å². The van der Waals surface area contributed by atoms with Crippen LogP contribution in [0.3, 0.4) is 0 Å². The summed E-state index contributed by atoms with van der Waals surface area (Å²) in [5.74, 6) is -0.349. The molecule has 2 aromatic carbocycles. The minimum Gasteiger partial charge on any atom is -0.325 e. The van der Waals surface area contributed by atoms with Crippen molar-refractivity contribution in [3.63, 3.8) is 0 Å². The number of carbonyl (C=O) groups excluding carboxylic acids is 1. The second kappa shape index (κ2) is 8.85. The molecule has 144 valence electrons. The van der Waals surface area contributed by atoms with Gasteiger partial charge in [0.2, 0.25) is 5.91 Å². The molecule has 0 aromatic heterocycles. The third-order valence-electron chi connectivity index (χ3n) is 5.31. The number of nitrogens with zero attached hydrogens (tertiary/aromatic N) is 1. The number of hydrogen-bond acceptors (Lipinski definition) is 2. The summed E-state index contributed by atoms with van der Waals surface area (Å²) >= 11 is 6.16. The Balaban J connectivity index is 1.68. The Morgan fingerprint density at radius 3 is 2.81 bits per heavy atom. The van der Waals surface area contributed by atoms with Gasteiger partial charge in [-0.05, 0) is 56.0 Å². The summed E-state index contributed by atoms with van der Waals surface area (Å²) in [6.45, 7) is 6.00. The molecule has 1 saturated heterocycles. The fourth-order valence-electron chi connectivity index (χ4n) is 3.75. The smallest absolute Gasteiger partial charge is 0.228 e. The second-order valence-electron chi connectivity index (χ2n) is 7.23. The Morgan fingerprint density at radius 2 is 2.07 bits per heavy atom. The number of halogens is 2. The van der Waals surface area contributed by atoms with Crippen LogP contribution in [-0.2, 0) is 17.8 Å². The molecule has 0 aliphatic carbocycles. The summed E-state index contributed by atoms with van der Waals surface area (Å²) in [6.07, 6.45) is 2.64. The third kappa shape index (κ3) is 4.69. The van der Waals surface area contributed by atoms with E-state index in [0.717, 1.165) is 42.6 Å². The van der Waals surface area contributed by atoms with Crippen LogP contribution in [-0.4, -0.2) is 23.9 Å². The number of likely N-dealkylation sites (tertiary alicyclic amines) is 1. The topological polar surface area (TPSA) is 32.3 Å². The van der Waals surface area contributed by atoms with Crippen LogP contribution in [0.5, 0.6) is 0 Å². The number of amides is 1. The zero-order valence-corrected chi connectivity index (χ0v) is 16.7. The van der Waals surface area contributed by atoms with Crippen LogP contribution in [0.1, 0.15) is 36.5 Å². The number of piperidine rings is 1. The Labute approximate surface area is 165 Å². The molecule has 0 radical (unpaired) electrons. The average Bonchev–Trinajstić information content (AvgIpc) is 2.66. The minimum absolute atomic E-state index is 0.0448. The van der Waals surface area contributed by atoms with E-state index >= 15 is 0 Å². The molecule has 27 heavy (non-hydrogen) atoms. The number of anilines is 1. The van der Waals surface area contributed by atoms with E-state index in [1.54, 1.807) is 12.1 Å². The van der Waals surface area contributed by atoms with Crippen LogP contribution in [0, 0.1) is 18.7 Å². The zero-order valence-electron chi connectivity index (χ0n) is 15.9. The number of para-hydroxylation sites is 1. The summed E-state index contributed by atoms with van der Waals surface area (Å²) in [4.78, 5) is 15.0. The lowest BCUT2D eigenvalue weighted by Crippen LogP contribution is -2.40. The Bertz CT molecular complexity index is 804. The molecule has 2 aromatic rings. The molecule has 1 atom stereocenters. The van der Waals surface area contributed by atoms with Gasteiger partial charge in [-0.2, -0.15) is 0 Å². The van der Waals surface area contributed by atoms with Crippen molar-refractivity contribution in [3.8, 4) is 0 Å². The van der Waals surface area contributed by atoms with Crippen molar-refractivity contribution >= 4 is 23.2 Å². The van der Waals surface area contributed by atoms with E-state index in [4.69, 9.17) is 11.6 Å². The number of nitrogens with one attached hydrogen (secondary N) is 1. The first-order valence-corrected chi connectivity index (χ1v) is 9.92. The van der Waals surface area contributed by atoms with Crippen molar-refractivity contribution < 1.29 is 9.18 Å². The van der Waals surface area contributed by atoms with Crippen LogP contribution in [0.4, 0.5) is 10.1 Å². The summed E-state index contributed by atoms with van der Waals surface area (Å²) < 4.78 is 14.1. The van der Waals surface area contributed by atoms with Crippen molar-refractivity contribution in [3.05, 3.63) is 63.9 Å². The molecule has 3 rings (SSSR count). The molecular weight excluding hydrogens is 363 g/mol. The van der Waals surface area contributed by atoms with Crippen LogP contribution in [0.15, 0.2) is 36.4 Å². The molecule has 0 saturated carbocycles. The predicted octanol–water partition coefficient (Wildman–Crippen LogP) is 5.20. The van der Waals surface area contributed by atoms with Crippen molar-refractivity contribution in [1.82, 2.24) is 4.90 Å². The van der Waals surface area contributed by atoms with E-state index < -0.39 is 0 Å². The average molecular weight is 389 g/mol. The zero-order chi connectivity index (χ0) is 19.4. The third-order valence-corrected chi connectivity index (χ3v) is 5.66. The lowest BCUT2D eigenvalue weighted by molar-refractivity contribution is -0.121. The maximum Gasteiger partial charge on any atom is 0.228 e. The second-order valence-corrected chi connectivity index (χ2v) is 7.63. The molecular formula is C22H26ClFN2O. The van der Waals surface area contributed by atoms with Gasteiger partial charge in [-0.1, -0.05) is 42.8 Å². The molecule has 0 spiro atoms. The maximum absolute atomic E-state index is 14.1. The highest BCUT2D eigenvalue weighted by Gasteiger charge is 2.27. The molecule has 1 unspecified atom stereocenters. The van der Waals surface area contributed by atoms with Crippen molar-refractivity contribution in [1.29, 1.82) is 0 Å². The predicted molar refractivity (Wildman–Crippen MR) is 109 cm³/mol. The van der Waals surface area contributed by atoms with Gasteiger partial charge in [0.15, 0.2) is 0 Å². The van der Waals surface area contributed by atoms with Gasteiger partial charge in [0, 0.05) is 29.4 Å². The van der Waals surface area contributed by atoms with E-state index in [1.807, 2.05) is 19.1 Å². The number of hydrogen-bond donors (Lipinski definition) is 1. The van der Waals surface area contributed by atoms with Crippen molar-refractivity contribution in [2.24, 2.45) is 5.92 Å². The molecule has 3 nitrogen and oxygen atoms in total. The number of benzene rings is 2. The Kier molecular flexibility index (Phi) is 6.51. The number of aryl methyl sites for hydroxylation is 2. The lowest BCUT2D eigenvalue weighted by Gasteiger charge is -2.32. The summed E-state index contributed by atoms with van der Waals surface area (Å²) in [7, 11) is 0. The fourth-order valence-corrected chi connectivity index (χ4v) is 3.97. The summed E-state index contributed by atoms with van der Waals surface area (Å²) in [5, 5.41) is 3.58. The van der Waals surface area contributed by atoms with Gasteiger partial charge in [0.05, 0.1) is 5.92 Å². The van der Waals surface area contributed by atoms with Gasteiger partial charge in [0.25, 0.3) is 0 Å². The lowest BCUT2D eigenvalue weighted by atomic mass is 9.96. The largest absolute Gasteiger partial charge is 0.325 e. The maximum atomic E-state index is 14.1. The first-order valence-electron chi connectivity index (χ1n) is 9.54. The van der Waals surface area contributed by atoms with Crippen molar-refractivity contribution in [2.75, 3.05) is 18.4 Å². The first kappa shape index (κ1) is 19.8.